The van der Waals surface area contributed by atoms with Crippen LogP contribution in [0.25, 0.3) is 10.9 Å². The maximum absolute atomic E-state index is 14.1. The molecule has 0 bridgehead atoms. The molecule has 2 aromatic rings. The van der Waals surface area contributed by atoms with Crippen LogP contribution in [0.1, 0.15) is 48.7 Å². The Balaban J connectivity index is 2.30. The van der Waals surface area contributed by atoms with Crippen molar-refractivity contribution in [1.82, 2.24) is 4.57 Å². The van der Waals surface area contributed by atoms with Crippen LogP contribution < -0.4 is 5.43 Å². The first kappa shape index (κ1) is 14.8. The molecule has 0 radical (unpaired) electrons. The van der Waals surface area contributed by atoms with Gasteiger partial charge in [0.2, 0.25) is 5.43 Å². The van der Waals surface area contributed by atoms with Gasteiger partial charge < -0.3 is 9.30 Å². The summed E-state index contributed by atoms with van der Waals surface area (Å²) in [6.45, 7) is 3.76. The lowest BCUT2D eigenvalue weighted by atomic mass is 10.1. The molecule has 1 aromatic heterocycles. The van der Waals surface area contributed by atoms with Gasteiger partial charge in [-0.2, -0.15) is 0 Å². The summed E-state index contributed by atoms with van der Waals surface area (Å²) in [5, 5.41) is 0.243. The Morgan fingerprint density at radius 1 is 1.36 bits per heavy atom. The van der Waals surface area contributed by atoms with E-state index in [1.807, 2.05) is 11.5 Å². The Bertz CT molecular complexity index is 806. The van der Waals surface area contributed by atoms with Gasteiger partial charge in [-0.3, -0.25) is 4.79 Å². The average Bonchev–Trinajstić information content (AvgIpc) is 3.32. The summed E-state index contributed by atoms with van der Waals surface area (Å²) in [5.74, 6) is -1.06. The zero-order valence-corrected chi connectivity index (χ0v) is 12.7. The van der Waals surface area contributed by atoms with Gasteiger partial charge in [0.05, 0.1) is 12.1 Å². The molecule has 1 aliphatic carbocycles. The smallest absolute Gasteiger partial charge is 0.343 e. The molecule has 0 aliphatic heterocycles. The predicted octanol–water partition coefficient (Wildman–Crippen LogP) is 3.21. The molecule has 0 spiro atoms. The van der Waals surface area contributed by atoms with Crippen LogP contribution in [-0.4, -0.2) is 17.1 Å². The number of hydrogen-bond donors (Lipinski definition) is 0. The molecule has 116 valence electrons. The second-order valence-electron chi connectivity index (χ2n) is 5.55. The van der Waals surface area contributed by atoms with Crippen molar-refractivity contribution in [2.75, 3.05) is 6.61 Å². The van der Waals surface area contributed by atoms with E-state index in [0.717, 1.165) is 12.8 Å². The van der Waals surface area contributed by atoms with E-state index in [0.29, 0.717) is 17.5 Å². The van der Waals surface area contributed by atoms with Gasteiger partial charge in [0.1, 0.15) is 11.4 Å². The van der Waals surface area contributed by atoms with Crippen LogP contribution in [0.15, 0.2) is 23.1 Å². The van der Waals surface area contributed by atoms with Gasteiger partial charge >= 0.3 is 5.97 Å². The molecule has 4 nitrogen and oxygen atoms in total. The summed E-state index contributed by atoms with van der Waals surface area (Å²) in [5.41, 5.74) is 0.779. The number of rotatable bonds is 4. The highest BCUT2D eigenvalue weighted by atomic mass is 19.1. The number of ether oxygens (including phenoxy) is 1. The molecule has 1 aromatic carbocycles. The zero-order chi connectivity index (χ0) is 15.9. The number of aromatic nitrogens is 1. The van der Waals surface area contributed by atoms with Crippen LogP contribution in [0.2, 0.25) is 0 Å². The van der Waals surface area contributed by atoms with Crippen LogP contribution >= 0.6 is 0 Å². The van der Waals surface area contributed by atoms with Crippen molar-refractivity contribution in [2.45, 2.75) is 39.2 Å². The molecule has 0 amide bonds. The van der Waals surface area contributed by atoms with Crippen LogP contribution in [0, 0.1) is 5.82 Å². The van der Waals surface area contributed by atoms with Gasteiger partial charge in [0.25, 0.3) is 0 Å². The van der Waals surface area contributed by atoms with E-state index in [9.17, 15) is 14.0 Å². The maximum atomic E-state index is 14.1. The number of aryl methyl sites for hydroxylation is 1. The first-order chi connectivity index (χ1) is 10.6. The minimum Gasteiger partial charge on any atom is -0.462 e. The Morgan fingerprint density at radius 3 is 2.68 bits per heavy atom. The first-order valence-electron chi connectivity index (χ1n) is 7.61. The Kier molecular flexibility index (Phi) is 3.72. The molecule has 1 heterocycles. The molecule has 0 N–H and O–H groups in total. The molecule has 0 atom stereocenters. The van der Waals surface area contributed by atoms with E-state index < -0.39 is 17.2 Å². The van der Waals surface area contributed by atoms with Crippen LogP contribution in [0.4, 0.5) is 4.39 Å². The van der Waals surface area contributed by atoms with Crippen molar-refractivity contribution in [2.24, 2.45) is 0 Å². The number of hydrogen-bond acceptors (Lipinski definition) is 3. The Hall–Kier alpha value is -2.17. The van der Waals surface area contributed by atoms with Crippen molar-refractivity contribution >= 4 is 16.9 Å². The lowest BCUT2D eigenvalue weighted by Crippen LogP contribution is -2.21. The number of nitrogens with zero attached hydrogens (tertiary/aromatic N) is 1. The summed E-state index contributed by atoms with van der Waals surface area (Å²) in [7, 11) is 0. The summed E-state index contributed by atoms with van der Waals surface area (Å²) < 4.78 is 20.9. The van der Waals surface area contributed by atoms with Crippen LogP contribution in [0.3, 0.4) is 0 Å². The highest BCUT2D eigenvalue weighted by Gasteiger charge is 2.27. The third-order valence-corrected chi connectivity index (χ3v) is 4.02. The average molecular weight is 303 g/mol. The number of pyridine rings is 1. The van der Waals surface area contributed by atoms with Gasteiger partial charge in [-0.25, -0.2) is 9.18 Å². The minimum atomic E-state index is -0.649. The summed E-state index contributed by atoms with van der Waals surface area (Å²) in [6.07, 6.45) is 4.12. The molecule has 5 heteroatoms. The zero-order valence-electron chi connectivity index (χ0n) is 12.7. The molecular weight excluding hydrogens is 285 g/mol. The number of carbonyl (C=O) groups is 1. The summed E-state index contributed by atoms with van der Waals surface area (Å²) in [6, 6.07) is 3.24. The number of esters is 1. The highest BCUT2D eigenvalue weighted by molar-refractivity contribution is 5.94. The van der Waals surface area contributed by atoms with Crippen molar-refractivity contribution in [3.05, 3.63) is 45.5 Å². The monoisotopic (exact) mass is 303 g/mol. The minimum absolute atomic E-state index is 0.0232. The molecule has 3 rings (SSSR count). The van der Waals surface area contributed by atoms with E-state index in [-0.39, 0.29) is 23.6 Å². The van der Waals surface area contributed by atoms with Gasteiger partial charge in [0.15, 0.2) is 0 Å². The van der Waals surface area contributed by atoms with Crippen LogP contribution in [-0.2, 0) is 11.2 Å². The number of carbonyl (C=O) groups excluding carboxylic acids is 1. The van der Waals surface area contributed by atoms with E-state index in [1.54, 1.807) is 19.2 Å². The molecule has 0 unspecified atom stereocenters. The standard InChI is InChI=1S/C17H18FNO3/c1-3-10-7-15-12(8-14(10)18)16(20)13(17(21)22-4-2)9-19(15)11-5-6-11/h7-9,11H,3-6H2,1-2H3. The van der Waals surface area contributed by atoms with Gasteiger partial charge in [-0.1, -0.05) is 6.92 Å². The fourth-order valence-electron chi connectivity index (χ4n) is 2.69. The Morgan fingerprint density at radius 2 is 2.09 bits per heavy atom. The molecule has 22 heavy (non-hydrogen) atoms. The molecular formula is C17H18FNO3. The molecule has 1 fully saturated rings. The maximum Gasteiger partial charge on any atom is 0.343 e. The fourth-order valence-corrected chi connectivity index (χ4v) is 2.69. The van der Waals surface area contributed by atoms with Crippen molar-refractivity contribution in [3.63, 3.8) is 0 Å². The third-order valence-electron chi connectivity index (χ3n) is 4.02. The largest absolute Gasteiger partial charge is 0.462 e. The first-order valence-corrected chi connectivity index (χ1v) is 7.61. The van der Waals surface area contributed by atoms with Gasteiger partial charge in [-0.15, -0.1) is 0 Å². The number of fused-ring (bicyclic) bond motifs is 1. The normalized spacial score (nSPS) is 14.3. The lowest BCUT2D eigenvalue weighted by Gasteiger charge is -2.14. The van der Waals surface area contributed by atoms with Crippen molar-refractivity contribution < 1.29 is 13.9 Å². The highest BCUT2D eigenvalue weighted by Crippen LogP contribution is 2.37. The summed E-state index contributed by atoms with van der Waals surface area (Å²) in [4.78, 5) is 24.5. The molecule has 0 saturated heterocycles. The lowest BCUT2D eigenvalue weighted by molar-refractivity contribution is 0.0524. The third kappa shape index (κ3) is 2.40. The summed E-state index contributed by atoms with van der Waals surface area (Å²) >= 11 is 0. The van der Waals surface area contributed by atoms with Crippen LogP contribution in [0.5, 0.6) is 0 Å². The quantitative estimate of drug-likeness (QED) is 0.815. The van der Waals surface area contributed by atoms with Crippen molar-refractivity contribution in [1.29, 1.82) is 0 Å². The fraction of sp³-hybridized carbons (Fsp3) is 0.412. The van der Waals surface area contributed by atoms with Gasteiger partial charge in [0, 0.05) is 17.6 Å². The van der Waals surface area contributed by atoms with E-state index in [4.69, 9.17) is 4.74 Å². The Labute approximate surface area is 127 Å². The van der Waals surface area contributed by atoms with E-state index in [1.165, 1.54) is 6.07 Å². The second kappa shape index (κ2) is 5.55. The molecule has 1 saturated carbocycles. The predicted molar refractivity (Wildman–Crippen MR) is 81.8 cm³/mol. The van der Waals surface area contributed by atoms with E-state index >= 15 is 0 Å². The van der Waals surface area contributed by atoms with E-state index in [2.05, 4.69) is 0 Å². The topological polar surface area (TPSA) is 48.3 Å². The second-order valence-corrected chi connectivity index (χ2v) is 5.55. The number of halogens is 1. The SMILES string of the molecule is CCOC(=O)c1cn(C2CC2)c2cc(CC)c(F)cc2c1=O. The number of benzene rings is 1. The van der Waals surface area contributed by atoms with Crippen molar-refractivity contribution in [3.8, 4) is 0 Å². The molecule has 1 aliphatic rings. The van der Waals surface area contributed by atoms with Gasteiger partial charge in [-0.05, 0) is 43.9 Å².